The molecule has 1 aromatic heterocycles. The summed E-state index contributed by atoms with van der Waals surface area (Å²) in [6.45, 7) is 11.9. The largest absolute Gasteiger partial charge is 0.310 e. The van der Waals surface area contributed by atoms with E-state index in [1.54, 1.807) is 0 Å². The Kier molecular flexibility index (Phi) is 4.61. The van der Waals surface area contributed by atoms with E-state index in [0.717, 1.165) is 11.6 Å². The predicted octanol–water partition coefficient (Wildman–Crippen LogP) is 4.61. The summed E-state index contributed by atoms with van der Waals surface area (Å²) in [7, 11) is 0. The highest BCUT2D eigenvalue weighted by Gasteiger charge is 2.23. The van der Waals surface area contributed by atoms with Gasteiger partial charge in [-0.15, -0.1) is 11.3 Å². The van der Waals surface area contributed by atoms with Crippen LogP contribution in [0.4, 0.5) is 0 Å². The van der Waals surface area contributed by atoms with Gasteiger partial charge in [0.25, 0.3) is 0 Å². The number of thiazole rings is 1. The SMILES string of the molecule is CC(C)NCc1sc(-c2ccccc2)nc1C(C)(C)C. The van der Waals surface area contributed by atoms with Gasteiger partial charge >= 0.3 is 0 Å². The Hall–Kier alpha value is -1.19. The molecule has 0 atom stereocenters. The zero-order valence-corrected chi connectivity index (χ0v) is 13.8. The molecule has 2 nitrogen and oxygen atoms in total. The van der Waals surface area contributed by atoms with Crippen LogP contribution in [-0.2, 0) is 12.0 Å². The van der Waals surface area contributed by atoms with E-state index in [1.165, 1.54) is 16.1 Å². The number of benzene rings is 1. The molecule has 1 heterocycles. The van der Waals surface area contributed by atoms with E-state index in [4.69, 9.17) is 4.98 Å². The van der Waals surface area contributed by atoms with Crippen molar-refractivity contribution in [2.75, 3.05) is 0 Å². The van der Waals surface area contributed by atoms with Gasteiger partial charge in [0, 0.05) is 28.4 Å². The van der Waals surface area contributed by atoms with Gasteiger partial charge in [-0.25, -0.2) is 4.98 Å². The van der Waals surface area contributed by atoms with E-state index in [9.17, 15) is 0 Å². The Morgan fingerprint density at radius 1 is 1.15 bits per heavy atom. The zero-order chi connectivity index (χ0) is 14.8. The van der Waals surface area contributed by atoms with E-state index in [-0.39, 0.29) is 5.41 Å². The van der Waals surface area contributed by atoms with Crippen molar-refractivity contribution in [1.82, 2.24) is 10.3 Å². The normalized spacial score (nSPS) is 12.1. The molecule has 0 unspecified atom stereocenters. The van der Waals surface area contributed by atoms with Crippen LogP contribution in [-0.4, -0.2) is 11.0 Å². The second-order valence-corrected chi connectivity index (χ2v) is 7.53. The first-order valence-electron chi connectivity index (χ1n) is 7.17. The Bertz CT molecular complexity index is 550. The first kappa shape index (κ1) is 15.2. The quantitative estimate of drug-likeness (QED) is 0.889. The molecule has 0 fully saturated rings. The lowest BCUT2D eigenvalue weighted by molar-refractivity contribution is 0.546. The number of rotatable bonds is 4. The van der Waals surface area contributed by atoms with E-state index in [0.29, 0.717) is 6.04 Å². The van der Waals surface area contributed by atoms with Crippen molar-refractivity contribution in [3.63, 3.8) is 0 Å². The first-order chi connectivity index (χ1) is 9.38. The summed E-state index contributed by atoms with van der Waals surface area (Å²) in [5, 5.41) is 4.63. The standard InChI is InChI=1S/C17H24N2S/c1-12(2)18-11-14-15(17(3,4)5)19-16(20-14)13-9-7-6-8-10-13/h6-10,12,18H,11H2,1-5H3. The van der Waals surface area contributed by atoms with Crippen LogP contribution < -0.4 is 5.32 Å². The maximum atomic E-state index is 4.91. The van der Waals surface area contributed by atoms with Crippen LogP contribution in [0.1, 0.15) is 45.2 Å². The van der Waals surface area contributed by atoms with E-state index in [1.807, 2.05) is 17.4 Å². The topological polar surface area (TPSA) is 24.9 Å². The Balaban J connectivity index is 2.37. The summed E-state index contributed by atoms with van der Waals surface area (Å²) in [5.74, 6) is 0. The van der Waals surface area contributed by atoms with Crippen molar-refractivity contribution in [3.8, 4) is 10.6 Å². The molecule has 0 aliphatic heterocycles. The molecular weight excluding hydrogens is 264 g/mol. The summed E-state index contributed by atoms with van der Waals surface area (Å²) in [6, 6.07) is 10.9. The fourth-order valence-corrected chi connectivity index (χ4v) is 3.29. The molecule has 0 aliphatic carbocycles. The number of aromatic nitrogens is 1. The molecule has 108 valence electrons. The smallest absolute Gasteiger partial charge is 0.123 e. The molecule has 0 amide bonds. The molecule has 2 aromatic rings. The summed E-state index contributed by atoms with van der Waals surface area (Å²) >= 11 is 1.81. The van der Waals surface area contributed by atoms with Crippen molar-refractivity contribution < 1.29 is 0 Å². The maximum Gasteiger partial charge on any atom is 0.123 e. The van der Waals surface area contributed by atoms with Gasteiger partial charge in [0.1, 0.15) is 5.01 Å². The first-order valence-corrected chi connectivity index (χ1v) is 7.98. The average Bonchev–Trinajstić information content (AvgIpc) is 2.81. The third-order valence-corrected chi connectivity index (χ3v) is 4.20. The predicted molar refractivity (Wildman–Crippen MR) is 88.2 cm³/mol. The highest BCUT2D eigenvalue weighted by molar-refractivity contribution is 7.15. The molecule has 1 N–H and O–H groups in total. The van der Waals surface area contributed by atoms with Gasteiger partial charge in [-0.3, -0.25) is 0 Å². The van der Waals surface area contributed by atoms with E-state index >= 15 is 0 Å². The molecule has 0 saturated heterocycles. The number of nitrogens with zero attached hydrogens (tertiary/aromatic N) is 1. The van der Waals surface area contributed by atoms with Gasteiger partial charge in [-0.05, 0) is 0 Å². The highest BCUT2D eigenvalue weighted by atomic mass is 32.1. The molecular formula is C17H24N2S. The fourth-order valence-electron chi connectivity index (χ4n) is 2.06. The minimum atomic E-state index is 0.0809. The number of nitrogens with one attached hydrogen (secondary N) is 1. The van der Waals surface area contributed by atoms with E-state index in [2.05, 4.69) is 64.2 Å². The minimum absolute atomic E-state index is 0.0809. The third kappa shape index (κ3) is 3.68. The molecule has 0 spiro atoms. The molecule has 1 aromatic carbocycles. The number of hydrogen-bond acceptors (Lipinski definition) is 3. The molecule has 2 rings (SSSR count). The molecule has 0 saturated carbocycles. The van der Waals surface area contributed by atoms with Crippen LogP contribution >= 0.6 is 11.3 Å². The van der Waals surface area contributed by atoms with Crippen molar-refractivity contribution in [2.24, 2.45) is 0 Å². The van der Waals surface area contributed by atoms with Crippen molar-refractivity contribution in [1.29, 1.82) is 0 Å². The molecule has 0 bridgehead atoms. The third-order valence-electron chi connectivity index (χ3n) is 3.10. The number of hydrogen-bond donors (Lipinski definition) is 1. The van der Waals surface area contributed by atoms with Gasteiger partial charge in [0.15, 0.2) is 0 Å². The van der Waals surface area contributed by atoms with Crippen LogP contribution in [0.5, 0.6) is 0 Å². The maximum absolute atomic E-state index is 4.91. The summed E-state index contributed by atoms with van der Waals surface area (Å²) < 4.78 is 0. The van der Waals surface area contributed by atoms with Gasteiger partial charge in [0.2, 0.25) is 0 Å². The monoisotopic (exact) mass is 288 g/mol. The Morgan fingerprint density at radius 2 is 1.80 bits per heavy atom. The van der Waals surface area contributed by atoms with Gasteiger partial charge < -0.3 is 5.32 Å². The molecule has 3 heteroatoms. The van der Waals surface area contributed by atoms with Crippen molar-refractivity contribution in [2.45, 2.75) is 52.6 Å². The molecule has 20 heavy (non-hydrogen) atoms. The summed E-state index contributed by atoms with van der Waals surface area (Å²) in [5.41, 5.74) is 2.51. The van der Waals surface area contributed by atoms with E-state index < -0.39 is 0 Å². The zero-order valence-electron chi connectivity index (χ0n) is 13.0. The lowest BCUT2D eigenvalue weighted by Crippen LogP contribution is -2.23. The summed E-state index contributed by atoms with van der Waals surface area (Å²) in [6.07, 6.45) is 0. The van der Waals surface area contributed by atoms with Crippen LogP contribution in [0.15, 0.2) is 30.3 Å². The van der Waals surface area contributed by atoms with Crippen LogP contribution in [0, 0.1) is 0 Å². The van der Waals surface area contributed by atoms with Crippen LogP contribution in [0.3, 0.4) is 0 Å². The van der Waals surface area contributed by atoms with Crippen LogP contribution in [0.25, 0.3) is 10.6 Å². The van der Waals surface area contributed by atoms with Crippen molar-refractivity contribution in [3.05, 3.63) is 40.9 Å². The fraction of sp³-hybridized carbons (Fsp3) is 0.471. The van der Waals surface area contributed by atoms with Crippen molar-refractivity contribution >= 4 is 11.3 Å². The minimum Gasteiger partial charge on any atom is -0.310 e. The lowest BCUT2D eigenvalue weighted by Gasteiger charge is -2.18. The summed E-state index contributed by atoms with van der Waals surface area (Å²) in [4.78, 5) is 6.26. The highest BCUT2D eigenvalue weighted by Crippen LogP contribution is 2.34. The van der Waals surface area contributed by atoms with Crippen LogP contribution in [0.2, 0.25) is 0 Å². The second-order valence-electron chi connectivity index (χ2n) is 6.44. The average molecular weight is 288 g/mol. The lowest BCUT2D eigenvalue weighted by atomic mass is 9.91. The van der Waals surface area contributed by atoms with Gasteiger partial charge in [-0.1, -0.05) is 65.0 Å². The second kappa shape index (κ2) is 6.06. The Morgan fingerprint density at radius 3 is 2.35 bits per heavy atom. The van der Waals surface area contributed by atoms with Gasteiger partial charge in [-0.2, -0.15) is 0 Å². The Labute approximate surface area is 126 Å². The van der Waals surface area contributed by atoms with Gasteiger partial charge in [0.05, 0.1) is 5.69 Å². The molecule has 0 aliphatic rings. The molecule has 0 radical (unpaired) electrons.